The summed E-state index contributed by atoms with van der Waals surface area (Å²) in [6, 6.07) is 4.59. The maximum Gasteiger partial charge on any atom is 0.316 e. The molecule has 2 aliphatic carbocycles. The van der Waals surface area contributed by atoms with Gasteiger partial charge in [0.1, 0.15) is 12.1 Å². The fourth-order valence-electron chi connectivity index (χ4n) is 7.24. The number of carbonyl (C=O) groups is 6. The molecule has 1 aromatic carbocycles. The molecule has 1 aromatic rings. The second kappa shape index (κ2) is 16.4. The van der Waals surface area contributed by atoms with Gasteiger partial charge in [0.15, 0.2) is 5.78 Å². The number of ketones is 2. The Kier molecular flexibility index (Phi) is 12.6. The molecule has 5 N–H and O–H groups in total. The van der Waals surface area contributed by atoms with E-state index in [-0.39, 0.29) is 41.3 Å². The highest BCUT2D eigenvalue weighted by Gasteiger charge is 2.46. The molecule has 1 aliphatic heterocycles. The van der Waals surface area contributed by atoms with Crippen LogP contribution in [0.25, 0.3) is 0 Å². The van der Waals surface area contributed by atoms with Crippen LogP contribution in [0.15, 0.2) is 30.3 Å². The van der Waals surface area contributed by atoms with Gasteiger partial charge >= 0.3 is 6.03 Å². The van der Waals surface area contributed by atoms with Gasteiger partial charge in [0.2, 0.25) is 17.6 Å². The first-order chi connectivity index (χ1) is 22.4. The molecular formula is C36H53N5O6. The second-order valence-electron chi connectivity index (χ2n) is 14.5. The minimum atomic E-state index is -1.09. The Morgan fingerprint density at radius 2 is 1.49 bits per heavy atom. The summed E-state index contributed by atoms with van der Waals surface area (Å²) >= 11 is 0. The van der Waals surface area contributed by atoms with E-state index in [1.165, 1.54) is 0 Å². The van der Waals surface area contributed by atoms with Crippen LogP contribution < -0.4 is 21.7 Å². The summed E-state index contributed by atoms with van der Waals surface area (Å²) in [5, 5.41) is 8.56. The zero-order valence-corrected chi connectivity index (χ0v) is 28.3. The normalized spacial score (nSPS) is 22.2. The van der Waals surface area contributed by atoms with E-state index in [0.29, 0.717) is 24.9 Å². The lowest BCUT2D eigenvalue weighted by Gasteiger charge is -2.35. The number of hydrogen-bond donors (Lipinski definition) is 4. The number of rotatable bonds is 14. The molecule has 258 valence electrons. The van der Waals surface area contributed by atoms with E-state index >= 15 is 0 Å². The Morgan fingerprint density at radius 1 is 0.830 bits per heavy atom. The predicted octanol–water partition coefficient (Wildman–Crippen LogP) is 3.74. The third kappa shape index (κ3) is 9.20. The van der Waals surface area contributed by atoms with Gasteiger partial charge in [-0.05, 0) is 55.3 Å². The molecule has 4 rings (SSSR count). The average molecular weight is 652 g/mol. The van der Waals surface area contributed by atoms with Crippen molar-refractivity contribution in [1.82, 2.24) is 20.9 Å². The Hall–Kier alpha value is -3.76. The molecule has 11 heteroatoms. The Bertz CT molecular complexity index is 1290. The maximum atomic E-state index is 14.5. The SMILES string of the molecule is CC(C)[C@@H]1C[C@@H](C(=O)NC(CC2CCC2)C(=O)C(N)=O)N(C(=O)[C@@H](NC(=O)N[C@H](C(=O)c2ccccc2)C(C)C)C2CCCCC2)C1. The van der Waals surface area contributed by atoms with Crippen molar-refractivity contribution in [3.63, 3.8) is 0 Å². The van der Waals surface area contributed by atoms with Gasteiger partial charge in [-0.15, -0.1) is 0 Å². The van der Waals surface area contributed by atoms with Crippen LogP contribution in [0.4, 0.5) is 4.79 Å². The van der Waals surface area contributed by atoms with Crippen LogP contribution in [-0.4, -0.2) is 70.9 Å². The molecule has 5 amide bonds. The Labute approximate surface area is 278 Å². The van der Waals surface area contributed by atoms with Crippen LogP contribution >= 0.6 is 0 Å². The van der Waals surface area contributed by atoms with Crippen LogP contribution in [0.3, 0.4) is 0 Å². The summed E-state index contributed by atoms with van der Waals surface area (Å²) in [6.07, 6.45) is 8.03. The molecule has 1 unspecified atom stereocenters. The highest BCUT2D eigenvalue weighted by molar-refractivity contribution is 6.37. The number of primary amides is 1. The fourth-order valence-corrected chi connectivity index (χ4v) is 7.24. The largest absolute Gasteiger partial charge is 0.363 e. The quantitative estimate of drug-likeness (QED) is 0.177. The van der Waals surface area contributed by atoms with Crippen molar-refractivity contribution in [2.24, 2.45) is 35.3 Å². The number of nitrogens with two attached hydrogens (primary N) is 1. The van der Waals surface area contributed by atoms with E-state index in [2.05, 4.69) is 16.0 Å². The lowest BCUT2D eigenvalue weighted by atomic mass is 9.80. The number of carbonyl (C=O) groups excluding carboxylic acids is 6. The third-order valence-electron chi connectivity index (χ3n) is 10.5. The molecule has 0 radical (unpaired) electrons. The van der Waals surface area contributed by atoms with Crippen molar-refractivity contribution >= 4 is 35.3 Å². The van der Waals surface area contributed by atoms with E-state index < -0.39 is 47.8 Å². The maximum absolute atomic E-state index is 14.5. The minimum absolute atomic E-state index is 0.0290. The number of amides is 5. The van der Waals surface area contributed by atoms with Crippen LogP contribution in [-0.2, 0) is 19.2 Å². The first kappa shape index (κ1) is 36.1. The average Bonchev–Trinajstić information content (AvgIpc) is 3.49. The van der Waals surface area contributed by atoms with Gasteiger partial charge < -0.3 is 26.6 Å². The third-order valence-corrected chi connectivity index (χ3v) is 10.5. The molecule has 3 fully saturated rings. The molecule has 3 aliphatic rings. The van der Waals surface area contributed by atoms with Crippen molar-refractivity contribution in [2.45, 2.75) is 116 Å². The smallest absolute Gasteiger partial charge is 0.316 e. The summed E-state index contributed by atoms with van der Waals surface area (Å²) in [5.41, 5.74) is 5.83. The number of hydrogen-bond acceptors (Lipinski definition) is 6. The van der Waals surface area contributed by atoms with Gasteiger partial charge in [0.25, 0.3) is 5.91 Å². The fraction of sp³-hybridized carbons (Fsp3) is 0.667. The van der Waals surface area contributed by atoms with Crippen LogP contribution in [0.2, 0.25) is 0 Å². The van der Waals surface area contributed by atoms with Gasteiger partial charge in [0, 0.05) is 12.1 Å². The topological polar surface area (TPSA) is 168 Å². The van der Waals surface area contributed by atoms with Gasteiger partial charge in [0.05, 0.1) is 12.1 Å². The highest BCUT2D eigenvalue weighted by atomic mass is 16.2. The molecule has 0 bridgehead atoms. The molecule has 0 aromatic heterocycles. The van der Waals surface area contributed by atoms with E-state index in [4.69, 9.17) is 5.73 Å². The number of likely N-dealkylation sites (tertiary alicyclic amines) is 1. The van der Waals surface area contributed by atoms with Crippen molar-refractivity contribution < 1.29 is 28.8 Å². The lowest BCUT2D eigenvalue weighted by Crippen LogP contribution is -2.60. The van der Waals surface area contributed by atoms with Crippen molar-refractivity contribution in [1.29, 1.82) is 0 Å². The number of nitrogens with zero attached hydrogens (tertiary/aromatic N) is 1. The zero-order valence-electron chi connectivity index (χ0n) is 28.3. The summed E-state index contributed by atoms with van der Waals surface area (Å²) < 4.78 is 0. The molecular weight excluding hydrogens is 598 g/mol. The van der Waals surface area contributed by atoms with E-state index in [9.17, 15) is 28.8 Å². The van der Waals surface area contributed by atoms with E-state index in [0.717, 1.165) is 51.4 Å². The van der Waals surface area contributed by atoms with Gasteiger partial charge in [-0.25, -0.2) is 4.79 Å². The van der Waals surface area contributed by atoms with E-state index in [1.54, 1.807) is 29.2 Å². The van der Waals surface area contributed by atoms with E-state index in [1.807, 2.05) is 33.8 Å². The number of urea groups is 1. The molecule has 11 nitrogen and oxygen atoms in total. The molecule has 0 spiro atoms. The van der Waals surface area contributed by atoms with Crippen molar-refractivity contribution in [2.75, 3.05) is 6.54 Å². The number of Topliss-reactive ketones (excluding diaryl/α,β-unsaturated/α-hetero) is 2. The summed E-state index contributed by atoms with van der Waals surface area (Å²) in [6.45, 7) is 8.14. The molecule has 2 saturated carbocycles. The lowest BCUT2D eigenvalue weighted by molar-refractivity contribution is -0.143. The van der Waals surface area contributed by atoms with Crippen LogP contribution in [0.5, 0.6) is 0 Å². The minimum Gasteiger partial charge on any atom is -0.363 e. The Morgan fingerprint density at radius 3 is 2.04 bits per heavy atom. The highest BCUT2D eigenvalue weighted by Crippen LogP contribution is 2.34. The van der Waals surface area contributed by atoms with Crippen LogP contribution in [0, 0.1) is 29.6 Å². The Balaban J connectivity index is 1.55. The van der Waals surface area contributed by atoms with Crippen molar-refractivity contribution in [3.8, 4) is 0 Å². The molecule has 47 heavy (non-hydrogen) atoms. The van der Waals surface area contributed by atoms with Crippen molar-refractivity contribution in [3.05, 3.63) is 35.9 Å². The zero-order chi connectivity index (χ0) is 34.2. The molecule has 1 saturated heterocycles. The first-order valence-corrected chi connectivity index (χ1v) is 17.5. The second-order valence-corrected chi connectivity index (χ2v) is 14.5. The van der Waals surface area contributed by atoms with Gasteiger partial charge in [-0.3, -0.25) is 24.0 Å². The van der Waals surface area contributed by atoms with Gasteiger partial charge in [-0.2, -0.15) is 0 Å². The monoisotopic (exact) mass is 651 g/mol. The first-order valence-electron chi connectivity index (χ1n) is 17.5. The molecule has 1 heterocycles. The summed E-state index contributed by atoms with van der Waals surface area (Å²) in [5.74, 6) is -2.85. The summed E-state index contributed by atoms with van der Waals surface area (Å²) in [4.78, 5) is 81.4. The van der Waals surface area contributed by atoms with Gasteiger partial charge in [-0.1, -0.05) is 96.6 Å². The predicted molar refractivity (Wildman–Crippen MR) is 178 cm³/mol. The number of benzene rings is 1. The number of nitrogens with one attached hydrogen (secondary N) is 3. The van der Waals surface area contributed by atoms with Crippen LogP contribution in [0.1, 0.15) is 102 Å². The molecule has 5 atom stereocenters. The summed E-state index contributed by atoms with van der Waals surface area (Å²) in [7, 11) is 0. The standard InChI is InChI=1S/C36H53N5O6/c1-21(2)26-19-28(34(45)38-27(32(43)33(37)44)18-23-12-11-13-23)41(20-26)35(46)30(24-14-7-5-8-15-24)40-36(47)39-29(22(3)4)31(42)25-16-9-6-10-17-25/h6,9-10,16-17,21-24,26-30H,5,7-8,11-15,18-20H2,1-4H3,(H2,37,44)(H,38,45)(H2,39,40,47)/t26-,27?,28+,29+,30+/m1/s1.